The van der Waals surface area contributed by atoms with Gasteiger partial charge in [-0.25, -0.2) is 4.99 Å². The number of rotatable bonds is 2. The lowest BCUT2D eigenvalue weighted by molar-refractivity contribution is 0.474. The summed E-state index contributed by atoms with van der Waals surface area (Å²) in [7, 11) is 0. The van der Waals surface area contributed by atoms with Crippen LogP contribution in [0.2, 0.25) is 0 Å². The van der Waals surface area contributed by atoms with Crippen LogP contribution in [0.4, 0.5) is 0 Å². The fraction of sp³-hybridized carbons (Fsp3) is 0.625. The molecule has 1 heterocycles. The van der Waals surface area contributed by atoms with Gasteiger partial charge in [0.25, 0.3) is 0 Å². The fourth-order valence-corrected chi connectivity index (χ4v) is 1.89. The number of aliphatic imine (C=N–C) groups is 1. The molecule has 3 heteroatoms. The first-order valence-corrected chi connectivity index (χ1v) is 4.97. The Morgan fingerprint density at radius 2 is 2.27 bits per heavy atom. The molecule has 62 valence electrons. The van der Waals surface area contributed by atoms with Gasteiger partial charge in [-0.15, -0.1) is 0 Å². The van der Waals surface area contributed by atoms with E-state index in [1.54, 1.807) is 0 Å². The number of amidine groups is 1. The summed E-state index contributed by atoms with van der Waals surface area (Å²) < 4.78 is 0. The molecule has 0 aromatic heterocycles. The van der Waals surface area contributed by atoms with Crippen molar-refractivity contribution in [3.05, 3.63) is 12.3 Å². The highest BCUT2D eigenvalue weighted by Crippen LogP contribution is 2.13. The molecule has 0 saturated heterocycles. The van der Waals surface area contributed by atoms with Crippen LogP contribution in [-0.4, -0.2) is 28.9 Å². The molecule has 0 aromatic rings. The highest BCUT2D eigenvalue weighted by Gasteiger charge is 2.07. The van der Waals surface area contributed by atoms with Crippen molar-refractivity contribution in [3.8, 4) is 0 Å². The first kappa shape index (κ1) is 8.65. The normalized spacial score (nSPS) is 16.4. The highest BCUT2D eigenvalue weighted by atomic mass is 32.2. The predicted octanol–water partition coefficient (Wildman–Crippen LogP) is 1.94. The average molecular weight is 170 g/mol. The van der Waals surface area contributed by atoms with Crippen LogP contribution in [0.25, 0.3) is 0 Å². The van der Waals surface area contributed by atoms with Crippen LogP contribution in [0.5, 0.6) is 0 Å². The Hall–Kier alpha value is -0.440. The van der Waals surface area contributed by atoms with Crippen LogP contribution in [0.15, 0.2) is 17.3 Å². The minimum atomic E-state index is 1.05. The standard InChI is InChI=1S/C8H14N2S/c1-3-10(4-2)8-9-6-5-7-11-8/h5-6H,3-4,7H2,1-2H3. The average Bonchev–Trinajstić information content (AvgIpc) is 2.09. The summed E-state index contributed by atoms with van der Waals surface area (Å²) >= 11 is 1.81. The monoisotopic (exact) mass is 170 g/mol. The van der Waals surface area contributed by atoms with Crippen molar-refractivity contribution >= 4 is 16.9 Å². The third-order valence-corrected chi connectivity index (χ3v) is 2.61. The third-order valence-electron chi connectivity index (χ3n) is 1.63. The van der Waals surface area contributed by atoms with Gasteiger partial charge >= 0.3 is 0 Å². The van der Waals surface area contributed by atoms with Crippen molar-refractivity contribution < 1.29 is 0 Å². The molecule has 1 aliphatic heterocycles. The first-order valence-electron chi connectivity index (χ1n) is 3.99. The van der Waals surface area contributed by atoms with Crippen LogP contribution >= 0.6 is 11.8 Å². The van der Waals surface area contributed by atoms with Gasteiger partial charge in [0, 0.05) is 25.0 Å². The van der Waals surface area contributed by atoms with Crippen LogP contribution in [0, 0.1) is 0 Å². The molecular formula is C8H14N2S. The lowest BCUT2D eigenvalue weighted by Crippen LogP contribution is -2.28. The molecule has 0 amide bonds. The van der Waals surface area contributed by atoms with Gasteiger partial charge in [-0.1, -0.05) is 17.8 Å². The molecule has 11 heavy (non-hydrogen) atoms. The first-order chi connectivity index (χ1) is 5.38. The Kier molecular flexibility index (Phi) is 3.49. The van der Waals surface area contributed by atoms with Gasteiger partial charge in [0.1, 0.15) is 0 Å². The Labute approximate surface area is 72.4 Å². The molecule has 0 fully saturated rings. The van der Waals surface area contributed by atoms with Crippen molar-refractivity contribution in [2.24, 2.45) is 4.99 Å². The summed E-state index contributed by atoms with van der Waals surface area (Å²) in [5.41, 5.74) is 0. The molecule has 2 nitrogen and oxygen atoms in total. The maximum Gasteiger partial charge on any atom is 0.164 e. The second-order valence-corrected chi connectivity index (χ2v) is 3.27. The third kappa shape index (κ3) is 2.26. The zero-order chi connectivity index (χ0) is 8.10. The minimum absolute atomic E-state index is 1.05. The number of nitrogens with zero attached hydrogens (tertiary/aromatic N) is 2. The van der Waals surface area contributed by atoms with Gasteiger partial charge in [-0.3, -0.25) is 0 Å². The molecule has 1 rings (SSSR count). The smallest absolute Gasteiger partial charge is 0.164 e. The maximum atomic E-state index is 4.30. The summed E-state index contributed by atoms with van der Waals surface area (Å²) in [5.74, 6) is 1.06. The Bertz CT molecular complexity index is 171. The Morgan fingerprint density at radius 1 is 1.55 bits per heavy atom. The van der Waals surface area contributed by atoms with E-state index in [4.69, 9.17) is 0 Å². The number of hydrogen-bond acceptors (Lipinski definition) is 3. The van der Waals surface area contributed by atoms with E-state index in [1.165, 1.54) is 0 Å². The van der Waals surface area contributed by atoms with Gasteiger partial charge < -0.3 is 4.90 Å². The van der Waals surface area contributed by atoms with Crippen molar-refractivity contribution in [2.75, 3.05) is 18.8 Å². The summed E-state index contributed by atoms with van der Waals surface area (Å²) in [6.45, 7) is 6.42. The molecule has 0 aromatic carbocycles. The molecule has 0 N–H and O–H groups in total. The number of thioether (sulfide) groups is 1. The van der Waals surface area contributed by atoms with E-state index in [9.17, 15) is 0 Å². The van der Waals surface area contributed by atoms with Crippen molar-refractivity contribution in [1.29, 1.82) is 0 Å². The van der Waals surface area contributed by atoms with E-state index < -0.39 is 0 Å². The van der Waals surface area contributed by atoms with E-state index in [0.29, 0.717) is 0 Å². The van der Waals surface area contributed by atoms with E-state index >= 15 is 0 Å². The van der Waals surface area contributed by atoms with E-state index in [0.717, 1.165) is 24.0 Å². The molecule has 0 unspecified atom stereocenters. The van der Waals surface area contributed by atoms with Crippen molar-refractivity contribution in [1.82, 2.24) is 4.90 Å². The SMILES string of the molecule is CCN(CC)C1=NC=CCS1. The summed E-state index contributed by atoms with van der Waals surface area (Å²) in [4.78, 5) is 6.57. The molecule has 0 atom stereocenters. The van der Waals surface area contributed by atoms with Crippen molar-refractivity contribution in [2.45, 2.75) is 13.8 Å². The predicted molar refractivity (Wildman–Crippen MR) is 52.0 cm³/mol. The molecule has 0 radical (unpaired) electrons. The van der Waals surface area contributed by atoms with Gasteiger partial charge in [0.15, 0.2) is 5.17 Å². The van der Waals surface area contributed by atoms with Gasteiger partial charge in [-0.2, -0.15) is 0 Å². The molecular weight excluding hydrogens is 156 g/mol. The molecule has 0 bridgehead atoms. The van der Waals surface area contributed by atoms with E-state index in [2.05, 4.69) is 29.8 Å². The molecule has 1 aliphatic rings. The second kappa shape index (κ2) is 4.44. The molecule has 0 saturated carbocycles. The lowest BCUT2D eigenvalue weighted by Gasteiger charge is -2.22. The number of hydrogen-bond donors (Lipinski definition) is 0. The van der Waals surface area contributed by atoms with E-state index in [-0.39, 0.29) is 0 Å². The second-order valence-electron chi connectivity index (χ2n) is 2.28. The van der Waals surface area contributed by atoms with Gasteiger partial charge in [0.2, 0.25) is 0 Å². The quantitative estimate of drug-likeness (QED) is 0.629. The molecule has 0 spiro atoms. The van der Waals surface area contributed by atoms with Crippen molar-refractivity contribution in [3.63, 3.8) is 0 Å². The van der Waals surface area contributed by atoms with E-state index in [1.807, 2.05) is 18.0 Å². The summed E-state index contributed by atoms with van der Waals surface area (Å²) in [6, 6.07) is 0. The van der Waals surface area contributed by atoms with Crippen LogP contribution in [-0.2, 0) is 0 Å². The zero-order valence-electron chi connectivity index (χ0n) is 7.08. The highest BCUT2D eigenvalue weighted by molar-refractivity contribution is 8.13. The Balaban J connectivity index is 2.56. The summed E-state index contributed by atoms with van der Waals surface area (Å²) in [6.07, 6.45) is 3.97. The maximum absolute atomic E-state index is 4.30. The summed E-state index contributed by atoms with van der Waals surface area (Å²) in [5, 5.41) is 1.16. The zero-order valence-corrected chi connectivity index (χ0v) is 7.90. The minimum Gasteiger partial charge on any atom is -0.352 e. The molecule has 0 aliphatic carbocycles. The van der Waals surface area contributed by atoms with Gasteiger partial charge in [0.05, 0.1) is 0 Å². The largest absolute Gasteiger partial charge is 0.352 e. The lowest BCUT2D eigenvalue weighted by atomic mass is 10.6. The van der Waals surface area contributed by atoms with Crippen LogP contribution in [0.1, 0.15) is 13.8 Å². The van der Waals surface area contributed by atoms with Crippen LogP contribution in [0.3, 0.4) is 0 Å². The fourth-order valence-electron chi connectivity index (χ4n) is 0.986. The van der Waals surface area contributed by atoms with Gasteiger partial charge in [-0.05, 0) is 13.8 Å². The Morgan fingerprint density at radius 3 is 2.73 bits per heavy atom. The van der Waals surface area contributed by atoms with Crippen LogP contribution < -0.4 is 0 Å². The topological polar surface area (TPSA) is 15.6 Å².